The molecule has 140 valence electrons. The van der Waals surface area contributed by atoms with Crippen molar-refractivity contribution in [1.29, 1.82) is 0 Å². The number of aryl methyl sites for hydroxylation is 2. The fraction of sp³-hybridized carbons (Fsp3) is 0.111. The Hall–Kier alpha value is -3.88. The highest BCUT2D eigenvalue weighted by Gasteiger charge is 2.22. The Morgan fingerprint density at radius 1 is 0.630 bits per heavy atom. The van der Waals surface area contributed by atoms with Crippen LogP contribution in [-0.4, -0.2) is 44.3 Å². The first-order valence-corrected chi connectivity index (χ1v) is 7.43. The summed E-state index contributed by atoms with van der Waals surface area (Å²) in [6.07, 6.45) is 0. The third-order valence-corrected chi connectivity index (χ3v) is 3.74. The summed E-state index contributed by atoms with van der Waals surface area (Å²) in [4.78, 5) is 45.2. The second-order valence-electron chi connectivity index (χ2n) is 5.65. The van der Waals surface area contributed by atoms with Gasteiger partial charge < -0.3 is 25.2 Å². The van der Waals surface area contributed by atoms with E-state index in [-0.39, 0.29) is 22.6 Å². The Bertz CT molecular complexity index is 909. The average molecular weight is 374 g/mol. The minimum absolute atomic E-state index is 0.0336. The molecule has 0 fully saturated rings. The molecule has 4 N–H and O–H groups in total. The third-order valence-electron chi connectivity index (χ3n) is 3.74. The van der Waals surface area contributed by atoms with E-state index in [4.69, 9.17) is 14.9 Å². The standard InChI is InChI=1S/C18H14O9/c1-7-3-9(5-11(15(19)20)13(7)17(23)24)27-10-4-8(2)14(18(25)26)12(6-10)16(21)22/h3-6H,1-2H3,(H,19,20)(H,21,22)(H,23,24)(H,25,26). The summed E-state index contributed by atoms with van der Waals surface area (Å²) in [5, 5.41) is 36.8. The molecule has 0 aliphatic rings. The molecular formula is C18H14O9. The molecule has 2 aromatic rings. The fourth-order valence-corrected chi connectivity index (χ4v) is 2.67. The molecule has 0 saturated heterocycles. The van der Waals surface area contributed by atoms with Crippen molar-refractivity contribution in [3.63, 3.8) is 0 Å². The molecule has 2 aromatic carbocycles. The molecule has 0 atom stereocenters. The quantitative estimate of drug-likeness (QED) is 0.596. The SMILES string of the molecule is Cc1cc(Oc2cc(C)c(C(=O)O)c(C(=O)O)c2)cc(C(=O)O)c1C(=O)O. The van der Waals surface area contributed by atoms with Gasteiger partial charge in [0.25, 0.3) is 0 Å². The van der Waals surface area contributed by atoms with Crippen molar-refractivity contribution < 1.29 is 44.3 Å². The zero-order valence-electron chi connectivity index (χ0n) is 14.1. The van der Waals surface area contributed by atoms with Gasteiger partial charge in [-0.2, -0.15) is 0 Å². The van der Waals surface area contributed by atoms with Crippen molar-refractivity contribution in [2.75, 3.05) is 0 Å². The maximum absolute atomic E-state index is 11.3. The van der Waals surface area contributed by atoms with E-state index in [0.717, 1.165) is 12.1 Å². The number of carbonyl (C=O) groups is 4. The normalized spacial score (nSPS) is 10.3. The van der Waals surface area contributed by atoms with E-state index in [1.807, 2.05) is 0 Å². The summed E-state index contributed by atoms with van der Waals surface area (Å²) in [5.74, 6) is -5.82. The molecule has 0 aliphatic heterocycles. The smallest absolute Gasteiger partial charge is 0.336 e. The van der Waals surface area contributed by atoms with Crippen LogP contribution in [0.25, 0.3) is 0 Å². The molecule has 0 aliphatic carbocycles. The molecule has 27 heavy (non-hydrogen) atoms. The zero-order chi connectivity index (χ0) is 20.5. The van der Waals surface area contributed by atoms with Gasteiger partial charge in [-0.05, 0) is 49.2 Å². The predicted molar refractivity (Wildman–Crippen MR) is 90.3 cm³/mol. The second-order valence-corrected chi connectivity index (χ2v) is 5.65. The van der Waals surface area contributed by atoms with E-state index in [9.17, 15) is 29.4 Å². The van der Waals surface area contributed by atoms with E-state index in [1.54, 1.807) is 0 Å². The van der Waals surface area contributed by atoms with E-state index < -0.39 is 46.1 Å². The van der Waals surface area contributed by atoms with Gasteiger partial charge >= 0.3 is 23.9 Å². The van der Waals surface area contributed by atoms with Crippen molar-refractivity contribution in [2.24, 2.45) is 0 Å². The van der Waals surface area contributed by atoms with Gasteiger partial charge in [0, 0.05) is 0 Å². The maximum atomic E-state index is 11.3. The van der Waals surface area contributed by atoms with Crippen LogP contribution in [0.3, 0.4) is 0 Å². The number of carboxylic acids is 4. The van der Waals surface area contributed by atoms with E-state index >= 15 is 0 Å². The Kier molecular flexibility index (Phi) is 5.16. The lowest BCUT2D eigenvalue weighted by Crippen LogP contribution is -2.11. The minimum atomic E-state index is -1.47. The number of hydrogen-bond acceptors (Lipinski definition) is 5. The first-order valence-electron chi connectivity index (χ1n) is 7.43. The molecule has 0 bridgehead atoms. The Morgan fingerprint density at radius 2 is 0.963 bits per heavy atom. The number of hydrogen-bond donors (Lipinski definition) is 4. The van der Waals surface area contributed by atoms with Crippen molar-refractivity contribution >= 4 is 23.9 Å². The van der Waals surface area contributed by atoms with Crippen molar-refractivity contribution in [1.82, 2.24) is 0 Å². The highest BCUT2D eigenvalue weighted by Crippen LogP contribution is 2.30. The molecule has 0 radical (unpaired) electrons. The van der Waals surface area contributed by atoms with E-state index in [0.29, 0.717) is 0 Å². The van der Waals surface area contributed by atoms with Crippen molar-refractivity contribution in [3.05, 3.63) is 57.6 Å². The highest BCUT2D eigenvalue weighted by molar-refractivity contribution is 6.04. The highest BCUT2D eigenvalue weighted by atomic mass is 16.5. The van der Waals surface area contributed by atoms with Crippen molar-refractivity contribution in [3.8, 4) is 11.5 Å². The van der Waals surface area contributed by atoms with Gasteiger partial charge in [0.05, 0.1) is 22.3 Å². The first kappa shape index (κ1) is 19.4. The zero-order valence-corrected chi connectivity index (χ0v) is 14.1. The van der Waals surface area contributed by atoms with Crippen LogP contribution in [0.2, 0.25) is 0 Å². The van der Waals surface area contributed by atoms with Crippen LogP contribution in [0.1, 0.15) is 52.6 Å². The molecule has 0 saturated carbocycles. The van der Waals surface area contributed by atoms with Gasteiger partial charge in [0.15, 0.2) is 0 Å². The monoisotopic (exact) mass is 374 g/mol. The molecule has 0 unspecified atom stereocenters. The fourth-order valence-electron chi connectivity index (χ4n) is 2.67. The number of aromatic carboxylic acids is 4. The van der Waals surface area contributed by atoms with Gasteiger partial charge in [-0.15, -0.1) is 0 Å². The Morgan fingerprint density at radius 3 is 1.22 bits per heavy atom. The van der Waals surface area contributed by atoms with Gasteiger partial charge in [-0.3, -0.25) is 0 Å². The topological polar surface area (TPSA) is 158 Å². The summed E-state index contributed by atoms with van der Waals surface area (Å²) in [6.45, 7) is 2.79. The minimum Gasteiger partial charge on any atom is -0.478 e. The van der Waals surface area contributed by atoms with Gasteiger partial charge in [0.2, 0.25) is 0 Å². The van der Waals surface area contributed by atoms with Gasteiger partial charge in [-0.1, -0.05) is 0 Å². The summed E-state index contributed by atoms with van der Waals surface area (Å²) < 4.78 is 5.48. The van der Waals surface area contributed by atoms with Gasteiger partial charge in [-0.25, -0.2) is 19.2 Å². The lowest BCUT2D eigenvalue weighted by atomic mass is 10.0. The number of benzene rings is 2. The number of ether oxygens (including phenoxy) is 1. The maximum Gasteiger partial charge on any atom is 0.336 e. The van der Waals surface area contributed by atoms with E-state index in [1.165, 1.54) is 26.0 Å². The van der Waals surface area contributed by atoms with Crippen LogP contribution in [0.4, 0.5) is 0 Å². The third kappa shape index (κ3) is 3.87. The van der Waals surface area contributed by atoms with Crippen LogP contribution in [0.15, 0.2) is 24.3 Å². The number of carboxylic acid groups (broad SMARTS) is 4. The molecule has 0 amide bonds. The first-order chi connectivity index (χ1) is 12.5. The largest absolute Gasteiger partial charge is 0.478 e. The Balaban J connectivity index is 2.58. The van der Waals surface area contributed by atoms with Crippen LogP contribution in [0, 0.1) is 13.8 Å². The van der Waals surface area contributed by atoms with Crippen LogP contribution < -0.4 is 4.74 Å². The summed E-state index contributed by atoms with van der Waals surface area (Å²) in [7, 11) is 0. The second kappa shape index (κ2) is 7.16. The Labute approximate surface area is 152 Å². The lowest BCUT2D eigenvalue weighted by Gasteiger charge is -2.13. The number of rotatable bonds is 6. The molecule has 0 aromatic heterocycles. The summed E-state index contributed by atoms with van der Waals surface area (Å²) in [5.41, 5.74) is -1.49. The molecule has 0 heterocycles. The molecule has 9 nitrogen and oxygen atoms in total. The van der Waals surface area contributed by atoms with Crippen LogP contribution >= 0.6 is 0 Å². The van der Waals surface area contributed by atoms with Crippen molar-refractivity contribution in [2.45, 2.75) is 13.8 Å². The van der Waals surface area contributed by atoms with Gasteiger partial charge in [0.1, 0.15) is 11.5 Å². The molecule has 0 spiro atoms. The van der Waals surface area contributed by atoms with Crippen LogP contribution in [-0.2, 0) is 0 Å². The molecule has 9 heteroatoms. The molecule has 2 rings (SSSR count). The average Bonchev–Trinajstić information content (AvgIpc) is 2.52. The lowest BCUT2D eigenvalue weighted by molar-refractivity contribution is 0.0650. The predicted octanol–water partition coefficient (Wildman–Crippen LogP) is 2.89. The van der Waals surface area contributed by atoms with E-state index in [2.05, 4.69) is 0 Å². The summed E-state index contributed by atoms with van der Waals surface area (Å²) >= 11 is 0. The molecular weight excluding hydrogens is 360 g/mol. The summed E-state index contributed by atoms with van der Waals surface area (Å²) in [6, 6.07) is 4.58. The van der Waals surface area contributed by atoms with Crippen LogP contribution in [0.5, 0.6) is 11.5 Å².